The molecule has 1 rings (SSSR count). The summed E-state index contributed by atoms with van der Waals surface area (Å²) in [6.07, 6.45) is 2.79. The van der Waals surface area contributed by atoms with Gasteiger partial charge in [-0.3, -0.25) is 0 Å². The van der Waals surface area contributed by atoms with E-state index < -0.39 is 0 Å². The lowest BCUT2D eigenvalue weighted by molar-refractivity contribution is -0.687. The van der Waals surface area contributed by atoms with E-state index in [4.69, 9.17) is 5.84 Å². The molecule has 0 atom stereocenters. The highest BCUT2D eigenvalue weighted by atomic mass is 16.6. The maximum atomic E-state index is 10.2. The number of hydrogen-bond acceptors (Lipinski definition) is 5. The molecular weight excluding hydrogens is 110 g/mol. The van der Waals surface area contributed by atoms with Gasteiger partial charge in [0.25, 0.3) is 0 Å². The minimum absolute atomic E-state index is 0.222. The first-order valence-electron chi connectivity index (χ1n) is 1.94. The Morgan fingerprint density at radius 1 is 1.88 bits per heavy atom. The van der Waals surface area contributed by atoms with Gasteiger partial charge in [0.2, 0.25) is 0 Å². The molecule has 3 N–H and O–H groups in total. The summed E-state index contributed by atoms with van der Waals surface area (Å²) in [7, 11) is 0. The summed E-state index contributed by atoms with van der Waals surface area (Å²) in [5.41, 5.74) is 2.30. The maximum Gasteiger partial charge on any atom is 0.132 e. The van der Waals surface area contributed by atoms with Crippen LogP contribution in [0.5, 0.6) is 0 Å². The molecule has 1 heterocycles. The van der Waals surface area contributed by atoms with Crippen molar-refractivity contribution in [3.05, 3.63) is 17.6 Å². The van der Waals surface area contributed by atoms with E-state index in [1.54, 1.807) is 0 Å². The van der Waals surface area contributed by atoms with E-state index in [0.717, 1.165) is 5.12 Å². The third-order valence-electron chi connectivity index (χ3n) is 0.643. The van der Waals surface area contributed by atoms with Crippen molar-refractivity contribution in [2.75, 3.05) is 0 Å². The molecule has 0 aromatic carbocycles. The number of nitrogens with two attached hydrogens (primary N) is 1. The zero-order chi connectivity index (χ0) is 5.98. The molecule has 0 aromatic heterocycles. The van der Waals surface area contributed by atoms with Crippen molar-refractivity contribution >= 4 is 0 Å². The Morgan fingerprint density at radius 2 is 2.62 bits per heavy atom. The van der Waals surface area contributed by atoms with Gasteiger partial charge in [-0.15, -0.1) is 5.12 Å². The molecule has 0 radical (unpaired) electrons. The SMILES string of the molecule is NN1C=CNN=[N+]1[O-]. The molecule has 0 saturated heterocycles. The van der Waals surface area contributed by atoms with Gasteiger partial charge in [0, 0.05) is 0 Å². The van der Waals surface area contributed by atoms with Crippen LogP contribution >= 0.6 is 0 Å². The van der Waals surface area contributed by atoms with Crippen LogP contribution in [0, 0.1) is 5.21 Å². The summed E-state index contributed by atoms with van der Waals surface area (Å²) in [5.74, 6) is 5.00. The number of hydrogen-bond donors (Lipinski definition) is 2. The van der Waals surface area contributed by atoms with Crippen LogP contribution in [0.4, 0.5) is 0 Å². The second-order valence-corrected chi connectivity index (χ2v) is 1.18. The lowest BCUT2D eigenvalue weighted by Crippen LogP contribution is -2.35. The van der Waals surface area contributed by atoms with Gasteiger partial charge in [-0.25, -0.2) is 5.84 Å². The van der Waals surface area contributed by atoms with Crippen LogP contribution < -0.4 is 11.3 Å². The van der Waals surface area contributed by atoms with Crippen LogP contribution in [0.25, 0.3) is 0 Å². The largest absolute Gasteiger partial charge is 0.671 e. The smallest absolute Gasteiger partial charge is 0.132 e. The van der Waals surface area contributed by atoms with Gasteiger partial charge in [-0.05, 0) is 4.97 Å². The Kier molecular flexibility index (Phi) is 1.01. The van der Waals surface area contributed by atoms with Crippen LogP contribution in [0.3, 0.4) is 0 Å². The second-order valence-electron chi connectivity index (χ2n) is 1.18. The summed E-state index contributed by atoms with van der Waals surface area (Å²) in [4.78, 5) is 0.222. The van der Waals surface area contributed by atoms with Crippen molar-refractivity contribution in [3.8, 4) is 0 Å². The highest BCUT2D eigenvalue weighted by Crippen LogP contribution is 1.85. The first-order valence-corrected chi connectivity index (χ1v) is 1.94. The Balaban J connectivity index is 2.63. The fourth-order valence-electron chi connectivity index (χ4n) is 0.301. The van der Waals surface area contributed by atoms with Crippen LogP contribution in [-0.4, -0.2) is 10.1 Å². The predicted octanol–water partition coefficient (Wildman–Crippen LogP) is -0.971. The average molecular weight is 115 g/mol. The lowest BCUT2D eigenvalue weighted by atomic mass is 10.9. The molecule has 1 aliphatic rings. The molecule has 0 bridgehead atoms. The predicted molar refractivity (Wildman–Crippen MR) is 24.4 cm³/mol. The van der Waals surface area contributed by atoms with E-state index in [9.17, 15) is 5.21 Å². The van der Waals surface area contributed by atoms with Gasteiger partial charge in [0.1, 0.15) is 17.6 Å². The topological polar surface area (TPSA) is 79.7 Å². The molecule has 0 aliphatic carbocycles. The normalized spacial score (nSPS) is 17.6. The van der Waals surface area contributed by atoms with Crippen molar-refractivity contribution in [3.63, 3.8) is 0 Å². The third-order valence-corrected chi connectivity index (χ3v) is 0.643. The summed E-state index contributed by atoms with van der Waals surface area (Å²) in [6.45, 7) is 0. The molecule has 6 nitrogen and oxygen atoms in total. The van der Waals surface area contributed by atoms with Crippen LogP contribution in [0.15, 0.2) is 17.6 Å². The van der Waals surface area contributed by atoms with Crippen molar-refractivity contribution < 1.29 is 4.97 Å². The summed E-state index contributed by atoms with van der Waals surface area (Å²) in [5, 5.41) is 14.2. The highest BCUT2D eigenvalue weighted by Gasteiger charge is 1.99. The molecule has 0 unspecified atom stereocenters. The molecule has 8 heavy (non-hydrogen) atoms. The number of hydrazine groups is 2. The first-order chi connectivity index (χ1) is 3.80. The van der Waals surface area contributed by atoms with E-state index in [-0.39, 0.29) is 4.97 Å². The first kappa shape index (κ1) is 4.85. The third kappa shape index (κ3) is 0.684. The van der Waals surface area contributed by atoms with E-state index in [1.165, 1.54) is 12.4 Å². The maximum absolute atomic E-state index is 10.2. The standard InChI is InChI=1S/C2H5N5O/c3-6-2-1-4-5-7(6)8/h1-2,4H,3H2. The second kappa shape index (κ2) is 1.66. The van der Waals surface area contributed by atoms with Crippen molar-refractivity contribution in [1.82, 2.24) is 10.5 Å². The molecule has 6 heteroatoms. The van der Waals surface area contributed by atoms with E-state index in [2.05, 4.69) is 10.6 Å². The van der Waals surface area contributed by atoms with Crippen LogP contribution in [-0.2, 0) is 0 Å². The highest BCUT2D eigenvalue weighted by molar-refractivity contribution is 4.71. The minimum Gasteiger partial charge on any atom is -0.671 e. The Hall–Kier alpha value is -1.30. The Morgan fingerprint density at radius 3 is 3.00 bits per heavy atom. The fourth-order valence-corrected chi connectivity index (χ4v) is 0.301. The van der Waals surface area contributed by atoms with Crippen LogP contribution in [0.1, 0.15) is 0 Å². The zero-order valence-corrected chi connectivity index (χ0v) is 3.98. The van der Waals surface area contributed by atoms with Crippen molar-refractivity contribution in [2.24, 2.45) is 11.1 Å². The quantitative estimate of drug-likeness (QED) is 0.242. The van der Waals surface area contributed by atoms with Gasteiger partial charge in [0.15, 0.2) is 0 Å². The summed E-state index contributed by atoms with van der Waals surface area (Å²) < 4.78 is 0. The number of nitrogens with zero attached hydrogens (tertiary/aromatic N) is 3. The van der Waals surface area contributed by atoms with Gasteiger partial charge >= 0.3 is 0 Å². The fraction of sp³-hybridized carbons (Fsp3) is 0. The Labute approximate surface area is 45.4 Å². The monoisotopic (exact) mass is 115 g/mol. The van der Waals surface area contributed by atoms with Gasteiger partial charge < -0.3 is 5.21 Å². The molecule has 0 spiro atoms. The van der Waals surface area contributed by atoms with E-state index in [0.29, 0.717) is 0 Å². The molecule has 0 saturated carbocycles. The molecule has 0 amide bonds. The van der Waals surface area contributed by atoms with Crippen LogP contribution in [0.2, 0.25) is 0 Å². The van der Waals surface area contributed by atoms with Gasteiger partial charge in [0.05, 0.1) is 0 Å². The van der Waals surface area contributed by atoms with E-state index >= 15 is 0 Å². The molecule has 1 aliphatic heterocycles. The van der Waals surface area contributed by atoms with E-state index in [1.807, 2.05) is 0 Å². The van der Waals surface area contributed by atoms with Gasteiger partial charge in [-0.2, -0.15) is 5.43 Å². The number of nitrogens with one attached hydrogen (secondary N) is 1. The molecule has 0 aromatic rings. The van der Waals surface area contributed by atoms with Gasteiger partial charge in [-0.1, -0.05) is 0 Å². The average Bonchev–Trinajstić information content (AvgIpc) is 1.77. The Bertz CT molecular complexity index is 139. The molecule has 0 fully saturated rings. The van der Waals surface area contributed by atoms with Crippen molar-refractivity contribution in [2.45, 2.75) is 0 Å². The number of rotatable bonds is 0. The molecular formula is C2H5N5O. The summed E-state index contributed by atoms with van der Waals surface area (Å²) in [6, 6.07) is 0. The summed E-state index contributed by atoms with van der Waals surface area (Å²) >= 11 is 0. The zero-order valence-electron chi connectivity index (χ0n) is 3.98. The lowest BCUT2D eigenvalue weighted by Gasteiger charge is -2.14. The minimum atomic E-state index is 0.222. The van der Waals surface area contributed by atoms with Crippen molar-refractivity contribution in [1.29, 1.82) is 0 Å². The molecule has 44 valence electrons.